The number of pyridine rings is 1. The Kier molecular flexibility index (Phi) is 4.62. The molecule has 2 aromatic rings. The van der Waals surface area contributed by atoms with E-state index in [1.165, 1.54) is 0 Å². The van der Waals surface area contributed by atoms with E-state index in [9.17, 15) is 9.90 Å². The van der Waals surface area contributed by atoms with Crippen molar-refractivity contribution in [1.29, 1.82) is 0 Å². The number of nitrogens with zero attached hydrogens (tertiary/aromatic N) is 5. The van der Waals surface area contributed by atoms with Gasteiger partial charge in [0, 0.05) is 18.8 Å². The number of hydrogen-bond acceptors (Lipinski definition) is 5. The quantitative estimate of drug-likeness (QED) is 0.831. The second-order valence-corrected chi connectivity index (χ2v) is 5.08. The summed E-state index contributed by atoms with van der Waals surface area (Å²) in [5.41, 5.74) is 0.154. The zero-order valence-electron chi connectivity index (χ0n) is 12.2. The predicted octanol–water partition coefficient (Wildman–Crippen LogP) is 1.55. The van der Waals surface area contributed by atoms with E-state index in [4.69, 9.17) is 0 Å². The summed E-state index contributed by atoms with van der Waals surface area (Å²) in [7, 11) is 0. The van der Waals surface area contributed by atoms with Gasteiger partial charge in [0.05, 0.1) is 12.0 Å². The third-order valence-corrected chi connectivity index (χ3v) is 3.95. The molecule has 0 aliphatic rings. The Hall–Kier alpha value is -2.31. The monoisotopic (exact) mass is 289 g/mol. The molecule has 0 aromatic carbocycles. The van der Waals surface area contributed by atoms with Gasteiger partial charge in [-0.2, -0.15) is 0 Å². The van der Waals surface area contributed by atoms with Crippen LogP contribution in [0.15, 0.2) is 24.5 Å². The molecule has 0 saturated heterocycles. The highest BCUT2D eigenvalue weighted by molar-refractivity contribution is 5.74. The summed E-state index contributed by atoms with van der Waals surface area (Å²) < 4.78 is 1.59. The van der Waals surface area contributed by atoms with Crippen LogP contribution in [0.4, 0.5) is 0 Å². The van der Waals surface area contributed by atoms with Gasteiger partial charge in [0.25, 0.3) is 0 Å². The molecule has 0 fully saturated rings. The molecule has 21 heavy (non-hydrogen) atoms. The first-order valence-electron chi connectivity index (χ1n) is 6.98. The van der Waals surface area contributed by atoms with Crippen LogP contribution in [0.3, 0.4) is 0 Å². The van der Waals surface area contributed by atoms with Gasteiger partial charge in [-0.1, -0.05) is 19.9 Å². The number of carboxylic acid groups (broad SMARTS) is 1. The fourth-order valence-corrected chi connectivity index (χ4v) is 2.29. The third kappa shape index (κ3) is 3.24. The molecular weight excluding hydrogens is 270 g/mol. The molecule has 2 rings (SSSR count). The highest BCUT2D eigenvalue weighted by Crippen LogP contribution is 2.29. The average Bonchev–Trinajstić information content (AvgIpc) is 2.92. The summed E-state index contributed by atoms with van der Waals surface area (Å²) in [6, 6.07) is 3.79. The van der Waals surface area contributed by atoms with Crippen LogP contribution >= 0.6 is 0 Å². The van der Waals surface area contributed by atoms with Crippen molar-refractivity contribution >= 4 is 5.97 Å². The van der Waals surface area contributed by atoms with Crippen molar-refractivity contribution in [3.8, 4) is 0 Å². The Morgan fingerprint density at radius 2 is 2.14 bits per heavy atom. The van der Waals surface area contributed by atoms with Crippen molar-refractivity contribution in [3.05, 3.63) is 35.9 Å². The molecule has 2 heterocycles. The minimum Gasteiger partial charge on any atom is -0.481 e. The van der Waals surface area contributed by atoms with Crippen LogP contribution in [0.1, 0.15) is 38.1 Å². The minimum absolute atomic E-state index is 0.276. The Morgan fingerprint density at radius 3 is 2.71 bits per heavy atom. The topological polar surface area (TPSA) is 93.8 Å². The molecule has 7 heteroatoms. The standard InChI is InChI=1S/C14H19N5O2/c1-3-14(4-2,13(20)21)10-19-12(16-17-18-19)8-11-6-5-7-15-9-11/h5-7,9H,3-4,8,10H2,1-2H3,(H,20,21). The number of aliphatic carboxylic acids is 1. The molecule has 0 spiro atoms. The summed E-state index contributed by atoms with van der Waals surface area (Å²) in [6.07, 6.45) is 5.05. The normalized spacial score (nSPS) is 11.5. The second kappa shape index (κ2) is 6.43. The van der Waals surface area contributed by atoms with E-state index in [0.29, 0.717) is 25.1 Å². The third-order valence-electron chi connectivity index (χ3n) is 3.95. The molecular formula is C14H19N5O2. The van der Waals surface area contributed by atoms with Crippen molar-refractivity contribution in [1.82, 2.24) is 25.2 Å². The first-order chi connectivity index (χ1) is 10.1. The van der Waals surface area contributed by atoms with E-state index >= 15 is 0 Å². The molecule has 0 aliphatic carbocycles. The van der Waals surface area contributed by atoms with Crippen molar-refractivity contribution in [2.75, 3.05) is 0 Å². The lowest BCUT2D eigenvalue weighted by molar-refractivity contribution is -0.150. The van der Waals surface area contributed by atoms with Crippen LogP contribution in [0.5, 0.6) is 0 Å². The van der Waals surface area contributed by atoms with Crippen LogP contribution < -0.4 is 0 Å². The van der Waals surface area contributed by atoms with Gasteiger partial charge in [-0.15, -0.1) is 5.10 Å². The number of carboxylic acids is 1. The Balaban J connectivity index is 2.22. The van der Waals surface area contributed by atoms with Crippen LogP contribution in [-0.2, 0) is 17.8 Å². The summed E-state index contributed by atoms with van der Waals surface area (Å²) in [5.74, 6) is -0.161. The molecule has 0 saturated carbocycles. The molecule has 1 N–H and O–H groups in total. The molecule has 0 bridgehead atoms. The highest BCUT2D eigenvalue weighted by atomic mass is 16.4. The SMILES string of the molecule is CCC(CC)(Cn1nnnc1Cc1cccnc1)C(=O)O. The van der Waals surface area contributed by atoms with Gasteiger partial charge in [-0.3, -0.25) is 9.78 Å². The van der Waals surface area contributed by atoms with Crippen molar-refractivity contribution in [2.24, 2.45) is 5.41 Å². The van der Waals surface area contributed by atoms with Gasteiger partial charge in [0.2, 0.25) is 0 Å². The maximum absolute atomic E-state index is 11.6. The maximum atomic E-state index is 11.6. The van der Waals surface area contributed by atoms with E-state index in [1.54, 1.807) is 17.1 Å². The van der Waals surface area contributed by atoms with Crippen molar-refractivity contribution < 1.29 is 9.90 Å². The first-order valence-corrected chi connectivity index (χ1v) is 6.98. The zero-order chi connectivity index (χ0) is 15.3. The van der Waals surface area contributed by atoms with Crippen molar-refractivity contribution in [3.63, 3.8) is 0 Å². The largest absolute Gasteiger partial charge is 0.481 e. The fourth-order valence-electron chi connectivity index (χ4n) is 2.29. The molecule has 0 amide bonds. The van der Waals surface area contributed by atoms with Crippen LogP contribution in [0.25, 0.3) is 0 Å². The van der Waals surface area contributed by atoms with E-state index in [0.717, 1.165) is 5.56 Å². The fraction of sp³-hybridized carbons (Fsp3) is 0.500. The highest BCUT2D eigenvalue weighted by Gasteiger charge is 2.36. The minimum atomic E-state index is -0.834. The number of tetrazole rings is 1. The second-order valence-electron chi connectivity index (χ2n) is 5.08. The van der Waals surface area contributed by atoms with Crippen molar-refractivity contribution in [2.45, 2.75) is 39.7 Å². The Bertz CT molecular complexity index is 592. The average molecular weight is 289 g/mol. The number of rotatable bonds is 7. The Morgan fingerprint density at radius 1 is 1.38 bits per heavy atom. The number of hydrogen-bond donors (Lipinski definition) is 1. The van der Waals surface area contributed by atoms with Gasteiger partial charge >= 0.3 is 5.97 Å². The first kappa shape index (κ1) is 15.1. The predicted molar refractivity (Wildman–Crippen MR) is 75.5 cm³/mol. The summed E-state index contributed by atoms with van der Waals surface area (Å²) >= 11 is 0. The molecule has 0 radical (unpaired) electrons. The zero-order valence-corrected chi connectivity index (χ0v) is 12.2. The van der Waals surface area contributed by atoms with Crippen LogP contribution in [0, 0.1) is 5.41 Å². The Labute approximate surface area is 123 Å². The smallest absolute Gasteiger partial charge is 0.311 e. The van der Waals surface area contributed by atoms with Gasteiger partial charge in [0.15, 0.2) is 5.82 Å². The van der Waals surface area contributed by atoms with Gasteiger partial charge in [-0.25, -0.2) is 4.68 Å². The van der Waals surface area contributed by atoms with Gasteiger partial charge < -0.3 is 5.11 Å². The lowest BCUT2D eigenvalue weighted by Crippen LogP contribution is -2.35. The van der Waals surface area contributed by atoms with Crippen LogP contribution in [-0.4, -0.2) is 36.3 Å². The van der Waals surface area contributed by atoms with E-state index < -0.39 is 11.4 Å². The summed E-state index contributed by atoms with van der Waals surface area (Å²) in [6.45, 7) is 4.03. The maximum Gasteiger partial charge on any atom is 0.311 e. The van der Waals surface area contributed by atoms with Crippen LogP contribution in [0.2, 0.25) is 0 Å². The molecule has 0 unspecified atom stereocenters. The molecule has 0 atom stereocenters. The van der Waals surface area contributed by atoms with Gasteiger partial charge in [-0.05, 0) is 34.9 Å². The molecule has 2 aromatic heterocycles. The number of aromatic nitrogens is 5. The lowest BCUT2D eigenvalue weighted by atomic mass is 9.82. The van der Waals surface area contributed by atoms with E-state index in [2.05, 4.69) is 20.5 Å². The summed E-state index contributed by atoms with van der Waals surface area (Å²) in [4.78, 5) is 15.6. The number of carbonyl (C=O) groups is 1. The van der Waals surface area contributed by atoms with E-state index in [1.807, 2.05) is 26.0 Å². The molecule has 0 aliphatic heterocycles. The molecule has 7 nitrogen and oxygen atoms in total. The summed E-state index contributed by atoms with van der Waals surface area (Å²) in [5, 5.41) is 21.1. The van der Waals surface area contributed by atoms with Gasteiger partial charge in [0.1, 0.15) is 0 Å². The molecule has 112 valence electrons. The lowest BCUT2D eigenvalue weighted by Gasteiger charge is -2.26. The van der Waals surface area contributed by atoms with E-state index in [-0.39, 0.29) is 6.54 Å².